The summed E-state index contributed by atoms with van der Waals surface area (Å²) < 4.78 is 10.4. The average molecular weight is 378 g/mol. The van der Waals surface area contributed by atoms with Crippen molar-refractivity contribution in [3.8, 4) is 11.5 Å². The summed E-state index contributed by atoms with van der Waals surface area (Å²) in [5.74, 6) is 0.317. The number of nitrogens with zero attached hydrogens (tertiary/aromatic N) is 1. The molecule has 8 heteroatoms. The lowest BCUT2D eigenvalue weighted by Gasteiger charge is -2.12. The van der Waals surface area contributed by atoms with E-state index in [-0.39, 0.29) is 17.4 Å². The van der Waals surface area contributed by atoms with Gasteiger partial charge in [0.1, 0.15) is 18.0 Å². The molecule has 2 rings (SSSR count). The van der Waals surface area contributed by atoms with Gasteiger partial charge in [-0.2, -0.15) is 0 Å². The van der Waals surface area contributed by atoms with Crippen molar-refractivity contribution >= 4 is 34.9 Å². The molecule has 1 aliphatic rings. The third kappa shape index (κ3) is 4.78. The summed E-state index contributed by atoms with van der Waals surface area (Å²) in [7, 11) is 3.06. The van der Waals surface area contributed by atoms with E-state index in [1.165, 1.54) is 7.11 Å². The fourth-order valence-electron chi connectivity index (χ4n) is 2.32. The third-order valence-corrected chi connectivity index (χ3v) is 4.66. The Morgan fingerprint density at radius 2 is 2.04 bits per heavy atom. The molecule has 0 atom stereocenters. The number of benzene rings is 1. The van der Waals surface area contributed by atoms with Crippen LogP contribution >= 0.6 is 11.8 Å². The van der Waals surface area contributed by atoms with E-state index < -0.39 is 11.1 Å². The van der Waals surface area contributed by atoms with Gasteiger partial charge in [-0.25, -0.2) is 0 Å². The van der Waals surface area contributed by atoms with E-state index in [1.54, 1.807) is 31.4 Å². The van der Waals surface area contributed by atoms with Gasteiger partial charge >= 0.3 is 0 Å². The van der Waals surface area contributed by atoms with Gasteiger partial charge in [0.25, 0.3) is 11.1 Å². The Kier molecular flexibility index (Phi) is 7.08. The number of thioether (sulfide) groups is 1. The number of imide groups is 1. The summed E-state index contributed by atoms with van der Waals surface area (Å²) >= 11 is 0.808. The van der Waals surface area contributed by atoms with Crippen LogP contribution in [0.4, 0.5) is 4.79 Å². The molecule has 0 saturated carbocycles. The number of carbonyl (C=O) groups excluding carboxylic acids is 3. The largest absolute Gasteiger partial charge is 0.497 e. The number of rotatable bonds is 8. The highest BCUT2D eigenvalue weighted by molar-refractivity contribution is 8.18. The maximum atomic E-state index is 12.5. The van der Waals surface area contributed by atoms with E-state index >= 15 is 0 Å². The molecule has 3 amide bonds. The lowest BCUT2D eigenvalue weighted by atomic mass is 10.1. The molecule has 1 aromatic rings. The molecule has 0 bridgehead atoms. The van der Waals surface area contributed by atoms with Crippen LogP contribution in [0.5, 0.6) is 11.5 Å². The monoisotopic (exact) mass is 378 g/mol. The summed E-state index contributed by atoms with van der Waals surface area (Å²) in [6.45, 7) is 2.27. The van der Waals surface area contributed by atoms with Crippen LogP contribution in [0.15, 0.2) is 23.1 Å². The molecular weight excluding hydrogens is 356 g/mol. The summed E-state index contributed by atoms with van der Waals surface area (Å²) in [5.41, 5.74) is 0.645. The topological polar surface area (TPSA) is 84.9 Å². The van der Waals surface area contributed by atoms with Crippen LogP contribution in [0.3, 0.4) is 0 Å². The number of hydrogen-bond acceptors (Lipinski definition) is 6. The van der Waals surface area contributed by atoms with Gasteiger partial charge in [0.15, 0.2) is 0 Å². The first kappa shape index (κ1) is 19.8. The number of methoxy groups -OCH3 is 2. The standard InChI is InChI=1S/C18H22N2O5S/c1-4-5-8-19-16(21)11-20-17(22)15(26-18(20)23)9-12-6-7-13(24-2)10-14(12)25-3/h6-7,9-10H,4-5,8,11H2,1-3H3,(H,19,21)/b15-9-. The molecule has 140 valence electrons. The Hall–Kier alpha value is -2.48. The zero-order valence-corrected chi connectivity index (χ0v) is 15.9. The predicted octanol–water partition coefficient (Wildman–Crippen LogP) is 2.66. The molecule has 1 aromatic carbocycles. The molecule has 1 N–H and O–H groups in total. The smallest absolute Gasteiger partial charge is 0.294 e. The van der Waals surface area contributed by atoms with Crippen LogP contribution in [-0.2, 0) is 9.59 Å². The molecule has 0 spiro atoms. The van der Waals surface area contributed by atoms with Gasteiger partial charge in [-0.05, 0) is 36.4 Å². The Bertz CT molecular complexity index is 732. The van der Waals surface area contributed by atoms with Gasteiger partial charge in [-0.1, -0.05) is 13.3 Å². The highest BCUT2D eigenvalue weighted by Crippen LogP contribution is 2.34. The highest BCUT2D eigenvalue weighted by atomic mass is 32.2. The molecule has 0 aliphatic carbocycles. The first-order valence-corrected chi connectivity index (χ1v) is 9.05. The molecule has 1 fully saturated rings. The summed E-state index contributed by atoms with van der Waals surface area (Å²) in [6, 6.07) is 5.17. The SMILES string of the molecule is CCCCNC(=O)CN1C(=O)S/C(=C\c2ccc(OC)cc2OC)C1=O. The number of carbonyl (C=O) groups is 3. The first-order chi connectivity index (χ1) is 12.5. The van der Waals surface area contributed by atoms with E-state index in [1.807, 2.05) is 6.92 Å². The van der Waals surface area contributed by atoms with Crippen molar-refractivity contribution in [2.45, 2.75) is 19.8 Å². The second-order valence-corrected chi connectivity index (χ2v) is 6.57. The molecule has 1 aliphatic heterocycles. The van der Waals surface area contributed by atoms with Crippen molar-refractivity contribution in [1.82, 2.24) is 10.2 Å². The Morgan fingerprint density at radius 3 is 2.69 bits per heavy atom. The predicted molar refractivity (Wildman–Crippen MR) is 100 cm³/mol. The van der Waals surface area contributed by atoms with Gasteiger partial charge in [0.05, 0.1) is 19.1 Å². The highest BCUT2D eigenvalue weighted by Gasteiger charge is 2.36. The quantitative estimate of drug-likeness (QED) is 0.553. The minimum atomic E-state index is -0.483. The number of nitrogens with one attached hydrogen (secondary N) is 1. The van der Waals surface area contributed by atoms with Crippen LogP contribution in [0.2, 0.25) is 0 Å². The van der Waals surface area contributed by atoms with Crippen LogP contribution in [0, 0.1) is 0 Å². The number of ether oxygens (including phenoxy) is 2. The maximum absolute atomic E-state index is 12.5. The summed E-state index contributed by atoms with van der Waals surface area (Å²) in [6.07, 6.45) is 3.39. The maximum Gasteiger partial charge on any atom is 0.294 e. The van der Waals surface area contributed by atoms with Crippen LogP contribution in [-0.4, -0.2) is 49.3 Å². The normalized spacial score (nSPS) is 15.5. The molecule has 26 heavy (non-hydrogen) atoms. The second kappa shape index (κ2) is 9.28. The summed E-state index contributed by atoms with van der Waals surface area (Å²) in [4.78, 5) is 37.7. The molecule has 7 nitrogen and oxygen atoms in total. The second-order valence-electron chi connectivity index (χ2n) is 5.58. The van der Waals surface area contributed by atoms with E-state index in [0.717, 1.165) is 29.5 Å². The van der Waals surface area contributed by atoms with Gasteiger partial charge < -0.3 is 14.8 Å². The van der Waals surface area contributed by atoms with Crippen LogP contribution < -0.4 is 14.8 Å². The zero-order valence-electron chi connectivity index (χ0n) is 15.0. The number of hydrogen-bond donors (Lipinski definition) is 1. The van der Waals surface area contributed by atoms with Gasteiger partial charge in [0, 0.05) is 18.2 Å². The first-order valence-electron chi connectivity index (χ1n) is 8.24. The van der Waals surface area contributed by atoms with Crippen molar-refractivity contribution in [1.29, 1.82) is 0 Å². The lowest BCUT2D eigenvalue weighted by Crippen LogP contribution is -2.39. The van der Waals surface area contributed by atoms with Gasteiger partial charge in [-0.15, -0.1) is 0 Å². The molecule has 0 radical (unpaired) electrons. The number of unbranched alkanes of at least 4 members (excludes halogenated alkanes) is 1. The molecular formula is C18H22N2O5S. The molecule has 0 unspecified atom stereocenters. The van der Waals surface area contributed by atoms with Crippen LogP contribution in [0.1, 0.15) is 25.3 Å². The van der Waals surface area contributed by atoms with E-state index in [4.69, 9.17) is 9.47 Å². The van der Waals surface area contributed by atoms with Crippen LogP contribution in [0.25, 0.3) is 6.08 Å². The van der Waals surface area contributed by atoms with Crippen molar-refractivity contribution in [2.24, 2.45) is 0 Å². The van der Waals surface area contributed by atoms with Crippen molar-refractivity contribution < 1.29 is 23.9 Å². The fraction of sp³-hybridized carbons (Fsp3) is 0.389. The van der Waals surface area contributed by atoms with Gasteiger partial charge in [0.2, 0.25) is 5.91 Å². The minimum absolute atomic E-state index is 0.250. The Morgan fingerprint density at radius 1 is 1.27 bits per heavy atom. The third-order valence-electron chi connectivity index (χ3n) is 3.76. The number of amides is 3. The molecule has 0 aromatic heterocycles. The molecule has 1 heterocycles. The minimum Gasteiger partial charge on any atom is -0.497 e. The molecule has 1 saturated heterocycles. The van der Waals surface area contributed by atoms with E-state index in [9.17, 15) is 14.4 Å². The fourth-order valence-corrected chi connectivity index (χ4v) is 3.15. The summed E-state index contributed by atoms with van der Waals surface area (Å²) in [5, 5.41) is 2.24. The van der Waals surface area contributed by atoms with Gasteiger partial charge in [-0.3, -0.25) is 19.3 Å². The van der Waals surface area contributed by atoms with Crippen molar-refractivity contribution in [3.63, 3.8) is 0 Å². The Balaban J connectivity index is 2.13. The van der Waals surface area contributed by atoms with Crippen molar-refractivity contribution in [3.05, 3.63) is 28.7 Å². The van der Waals surface area contributed by atoms with E-state index in [0.29, 0.717) is 23.6 Å². The van der Waals surface area contributed by atoms with Crippen molar-refractivity contribution in [2.75, 3.05) is 27.3 Å². The lowest BCUT2D eigenvalue weighted by molar-refractivity contribution is -0.129. The Labute approximate surface area is 156 Å². The van der Waals surface area contributed by atoms with E-state index in [2.05, 4.69) is 5.32 Å². The average Bonchev–Trinajstić information content (AvgIpc) is 2.89. The zero-order chi connectivity index (χ0) is 19.1.